The SMILES string of the molecule is CCN1CCN(CC(=O)Nc2ccc(S(=O)(=O)N3CCOCC3)cc2)CC1. The van der Waals surface area contributed by atoms with Crippen LogP contribution >= 0.6 is 0 Å². The largest absolute Gasteiger partial charge is 0.379 e. The van der Waals surface area contributed by atoms with Crippen molar-refractivity contribution in [3.05, 3.63) is 24.3 Å². The van der Waals surface area contributed by atoms with E-state index in [1.165, 1.54) is 4.31 Å². The number of nitrogens with one attached hydrogen (secondary N) is 1. The zero-order valence-corrected chi connectivity index (χ0v) is 16.6. The number of hydrogen-bond acceptors (Lipinski definition) is 6. The van der Waals surface area contributed by atoms with Gasteiger partial charge in [-0.15, -0.1) is 0 Å². The lowest BCUT2D eigenvalue weighted by atomic mass is 10.3. The van der Waals surface area contributed by atoms with Gasteiger partial charge in [0.25, 0.3) is 0 Å². The summed E-state index contributed by atoms with van der Waals surface area (Å²) in [6.45, 7) is 8.85. The fourth-order valence-electron chi connectivity index (χ4n) is 3.31. The molecule has 1 aromatic rings. The molecule has 0 saturated carbocycles. The quantitative estimate of drug-likeness (QED) is 0.744. The van der Waals surface area contributed by atoms with Crippen LogP contribution in [0.4, 0.5) is 5.69 Å². The molecule has 0 bridgehead atoms. The third-order valence-corrected chi connectivity index (χ3v) is 6.94. The van der Waals surface area contributed by atoms with E-state index < -0.39 is 10.0 Å². The molecular formula is C18H28N4O4S. The van der Waals surface area contributed by atoms with Gasteiger partial charge in [-0.2, -0.15) is 4.31 Å². The van der Waals surface area contributed by atoms with Gasteiger partial charge in [0, 0.05) is 45.0 Å². The van der Waals surface area contributed by atoms with Gasteiger partial charge in [0.15, 0.2) is 0 Å². The zero-order valence-electron chi connectivity index (χ0n) is 15.8. The van der Waals surface area contributed by atoms with Crippen LogP contribution in [0.5, 0.6) is 0 Å². The topological polar surface area (TPSA) is 82.2 Å². The third-order valence-electron chi connectivity index (χ3n) is 5.03. The first-order chi connectivity index (χ1) is 13.0. The number of amides is 1. The average molecular weight is 397 g/mol. The summed E-state index contributed by atoms with van der Waals surface area (Å²) < 4.78 is 31.9. The van der Waals surface area contributed by atoms with Crippen LogP contribution in [0.2, 0.25) is 0 Å². The van der Waals surface area contributed by atoms with E-state index in [1.807, 2.05) is 0 Å². The van der Waals surface area contributed by atoms with Gasteiger partial charge in [-0.25, -0.2) is 8.42 Å². The Balaban J connectivity index is 1.53. The Bertz CT molecular complexity index is 724. The van der Waals surface area contributed by atoms with Crippen molar-refractivity contribution in [1.82, 2.24) is 14.1 Å². The third kappa shape index (κ3) is 5.26. The number of piperazine rings is 1. The van der Waals surface area contributed by atoms with Gasteiger partial charge in [-0.1, -0.05) is 6.92 Å². The van der Waals surface area contributed by atoms with Gasteiger partial charge in [0.2, 0.25) is 15.9 Å². The van der Waals surface area contributed by atoms with E-state index in [1.54, 1.807) is 24.3 Å². The summed E-state index contributed by atoms with van der Waals surface area (Å²) >= 11 is 0. The monoisotopic (exact) mass is 396 g/mol. The highest BCUT2D eigenvalue weighted by molar-refractivity contribution is 7.89. The van der Waals surface area contributed by atoms with Crippen molar-refractivity contribution in [2.75, 3.05) is 70.9 Å². The molecule has 3 rings (SSSR count). The molecule has 0 radical (unpaired) electrons. The Morgan fingerprint density at radius 2 is 1.59 bits per heavy atom. The Morgan fingerprint density at radius 3 is 2.19 bits per heavy atom. The molecular weight excluding hydrogens is 368 g/mol. The summed E-state index contributed by atoms with van der Waals surface area (Å²) in [5.74, 6) is -0.0799. The highest BCUT2D eigenvalue weighted by atomic mass is 32.2. The molecule has 0 unspecified atom stereocenters. The summed E-state index contributed by atoms with van der Waals surface area (Å²) in [5, 5.41) is 2.85. The summed E-state index contributed by atoms with van der Waals surface area (Å²) in [6.07, 6.45) is 0. The number of carbonyl (C=O) groups excluding carboxylic acids is 1. The Kier molecular flexibility index (Phi) is 6.83. The van der Waals surface area contributed by atoms with Crippen molar-refractivity contribution in [1.29, 1.82) is 0 Å². The van der Waals surface area contributed by atoms with Gasteiger partial charge < -0.3 is 15.0 Å². The number of anilines is 1. The molecule has 2 aliphatic heterocycles. The fourth-order valence-corrected chi connectivity index (χ4v) is 4.72. The molecule has 0 spiro atoms. The van der Waals surface area contributed by atoms with E-state index in [0.717, 1.165) is 32.7 Å². The van der Waals surface area contributed by atoms with E-state index in [0.29, 0.717) is 38.5 Å². The molecule has 2 heterocycles. The first-order valence-corrected chi connectivity index (χ1v) is 10.9. The van der Waals surface area contributed by atoms with E-state index in [2.05, 4.69) is 22.0 Å². The molecule has 2 aliphatic rings. The van der Waals surface area contributed by atoms with Crippen molar-refractivity contribution in [2.24, 2.45) is 0 Å². The second-order valence-electron chi connectivity index (χ2n) is 6.80. The molecule has 2 saturated heterocycles. The molecule has 0 aromatic heterocycles. The Hall–Kier alpha value is -1.52. The maximum Gasteiger partial charge on any atom is 0.243 e. The number of nitrogens with zero attached hydrogens (tertiary/aromatic N) is 3. The molecule has 0 aliphatic carbocycles. The number of sulfonamides is 1. The number of rotatable bonds is 6. The smallest absolute Gasteiger partial charge is 0.243 e. The number of morpholine rings is 1. The number of likely N-dealkylation sites (N-methyl/N-ethyl adjacent to an activating group) is 1. The lowest BCUT2D eigenvalue weighted by Gasteiger charge is -2.33. The number of benzene rings is 1. The lowest BCUT2D eigenvalue weighted by molar-refractivity contribution is -0.117. The zero-order chi connectivity index (χ0) is 19.3. The van der Waals surface area contributed by atoms with Crippen molar-refractivity contribution in [2.45, 2.75) is 11.8 Å². The van der Waals surface area contributed by atoms with Crippen molar-refractivity contribution in [3.63, 3.8) is 0 Å². The van der Waals surface area contributed by atoms with Crippen LogP contribution in [0.3, 0.4) is 0 Å². The van der Waals surface area contributed by atoms with E-state index in [-0.39, 0.29) is 10.8 Å². The first kappa shape index (κ1) is 20.2. The van der Waals surface area contributed by atoms with Crippen LogP contribution in [0.1, 0.15) is 6.92 Å². The average Bonchev–Trinajstić information content (AvgIpc) is 2.69. The molecule has 2 fully saturated rings. The van der Waals surface area contributed by atoms with Gasteiger partial charge in [-0.3, -0.25) is 9.69 Å². The number of carbonyl (C=O) groups is 1. The molecule has 27 heavy (non-hydrogen) atoms. The Labute approximate surface area is 161 Å². The molecule has 9 heteroatoms. The normalized spacial score (nSPS) is 20.5. The highest BCUT2D eigenvalue weighted by Gasteiger charge is 2.26. The second kappa shape index (κ2) is 9.11. The van der Waals surface area contributed by atoms with Gasteiger partial charge in [0.1, 0.15) is 0 Å². The minimum atomic E-state index is -3.51. The molecule has 1 N–H and O–H groups in total. The Morgan fingerprint density at radius 1 is 1.00 bits per heavy atom. The van der Waals surface area contributed by atoms with Gasteiger partial charge >= 0.3 is 0 Å². The predicted molar refractivity (Wildman–Crippen MR) is 103 cm³/mol. The molecule has 8 nitrogen and oxygen atoms in total. The fraction of sp³-hybridized carbons (Fsp3) is 0.611. The molecule has 150 valence electrons. The van der Waals surface area contributed by atoms with Gasteiger partial charge in [0.05, 0.1) is 24.7 Å². The van der Waals surface area contributed by atoms with Crippen LogP contribution in [-0.2, 0) is 19.6 Å². The number of ether oxygens (including phenoxy) is 1. The molecule has 1 aromatic carbocycles. The van der Waals surface area contributed by atoms with Crippen LogP contribution in [0, 0.1) is 0 Å². The number of hydrogen-bond donors (Lipinski definition) is 1. The summed E-state index contributed by atoms with van der Waals surface area (Å²) in [5.41, 5.74) is 0.605. The summed E-state index contributed by atoms with van der Waals surface area (Å²) in [6, 6.07) is 6.36. The molecule has 0 atom stereocenters. The van der Waals surface area contributed by atoms with Crippen LogP contribution in [0.15, 0.2) is 29.2 Å². The van der Waals surface area contributed by atoms with Gasteiger partial charge in [-0.05, 0) is 30.8 Å². The van der Waals surface area contributed by atoms with Crippen LogP contribution in [0.25, 0.3) is 0 Å². The summed E-state index contributed by atoms with van der Waals surface area (Å²) in [4.78, 5) is 17.0. The van der Waals surface area contributed by atoms with E-state index in [4.69, 9.17) is 4.74 Å². The van der Waals surface area contributed by atoms with Crippen LogP contribution < -0.4 is 5.32 Å². The minimum absolute atomic E-state index is 0.0799. The lowest BCUT2D eigenvalue weighted by Crippen LogP contribution is -2.48. The standard InChI is InChI=1S/C18H28N4O4S/c1-2-20-7-9-21(10-8-20)15-18(23)19-16-3-5-17(6-4-16)27(24,25)22-11-13-26-14-12-22/h3-6H,2,7-15H2,1H3,(H,19,23). The minimum Gasteiger partial charge on any atom is -0.379 e. The second-order valence-corrected chi connectivity index (χ2v) is 8.74. The van der Waals surface area contributed by atoms with Crippen molar-refractivity contribution in [3.8, 4) is 0 Å². The van der Waals surface area contributed by atoms with Crippen molar-refractivity contribution >= 4 is 21.6 Å². The van der Waals surface area contributed by atoms with E-state index >= 15 is 0 Å². The van der Waals surface area contributed by atoms with E-state index in [9.17, 15) is 13.2 Å². The first-order valence-electron chi connectivity index (χ1n) is 9.41. The van der Waals surface area contributed by atoms with Crippen LogP contribution in [-0.4, -0.2) is 94.0 Å². The predicted octanol–water partition coefficient (Wildman–Crippen LogP) is 0.284. The molecule has 1 amide bonds. The summed E-state index contributed by atoms with van der Waals surface area (Å²) in [7, 11) is -3.51. The van der Waals surface area contributed by atoms with Crippen molar-refractivity contribution < 1.29 is 17.9 Å². The maximum absolute atomic E-state index is 12.6. The maximum atomic E-state index is 12.6. The highest BCUT2D eigenvalue weighted by Crippen LogP contribution is 2.19.